The van der Waals surface area contributed by atoms with Crippen LogP contribution >= 0.6 is 0 Å². The van der Waals surface area contributed by atoms with Crippen LogP contribution in [0.15, 0.2) is 30.5 Å². The fraction of sp³-hybridized carbons (Fsp3) is 0.474. The molecule has 2 fully saturated rings. The lowest BCUT2D eigenvalue weighted by Gasteiger charge is -2.35. The number of ether oxygens (including phenoxy) is 1. The SMILES string of the molecule is O=C(O)C1CCO[C@H]1C1CCN(C(=O)c2cccc3cc[nH]c23)CC1. The molecule has 1 amide bonds. The molecule has 0 bridgehead atoms. The Labute approximate surface area is 145 Å². The summed E-state index contributed by atoms with van der Waals surface area (Å²) < 4.78 is 5.70. The fourth-order valence-electron chi connectivity index (χ4n) is 4.20. The van der Waals surface area contributed by atoms with Crippen LogP contribution in [0.2, 0.25) is 0 Å². The molecule has 2 aromatic rings. The largest absolute Gasteiger partial charge is 0.481 e. The Morgan fingerprint density at radius 1 is 1.16 bits per heavy atom. The number of nitrogens with one attached hydrogen (secondary N) is 1. The number of piperidine rings is 1. The number of benzene rings is 1. The number of carbonyl (C=O) groups excluding carboxylic acids is 1. The van der Waals surface area contributed by atoms with Crippen LogP contribution in [0, 0.1) is 11.8 Å². The molecule has 0 radical (unpaired) electrons. The van der Waals surface area contributed by atoms with Crippen molar-refractivity contribution in [2.24, 2.45) is 11.8 Å². The molecule has 0 spiro atoms. The molecule has 25 heavy (non-hydrogen) atoms. The van der Waals surface area contributed by atoms with Gasteiger partial charge in [-0.1, -0.05) is 12.1 Å². The van der Waals surface area contributed by atoms with Gasteiger partial charge in [0.25, 0.3) is 5.91 Å². The van der Waals surface area contributed by atoms with Gasteiger partial charge in [0.1, 0.15) is 0 Å². The third-order valence-electron chi connectivity index (χ3n) is 5.56. The summed E-state index contributed by atoms with van der Waals surface area (Å²) in [5.74, 6) is -0.915. The minimum absolute atomic E-state index is 0.0358. The van der Waals surface area contributed by atoms with Crippen molar-refractivity contribution in [2.75, 3.05) is 19.7 Å². The van der Waals surface area contributed by atoms with Crippen molar-refractivity contribution in [2.45, 2.75) is 25.4 Å². The third-order valence-corrected chi connectivity index (χ3v) is 5.56. The van der Waals surface area contributed by atoms with E-state index < -0.39 is 11.9 Å². The second kappa shape index (κ2) is 6.52. The van der Waals surface area contributed by atoms with Crippen molar-refractivity contribution in [1.29, 1.82) is 0 Å². The number of aliphatic carboxylic acids is 1. The van der Waals surface area contributed by atoms with Gasteiger partial charge < -0.3 is 19.7 Å². The molecule has 2 aliphatic heterocycles. The number of carbonyl (C=O) groups is 2. The smallest absolute Gasteiger partial charge is 0.309 e. The number of aromatic nitrogens is 1. The van der Waals surface area contributed by atoms with Crippen LogP contribution in [0.4, 0.5) is 0 Å². The zero-order chi connectivity index (χ0) is 17.4. The number of rotatable bonds is 3. The molecule has 2 atom stereocenters. The minimum atomic E-state index is -0.764. The first-order chi connectivity index (χ1) is 12.1. The highest BCUT2D eigenvalue weighted by Gasteiger charge is 2.40. The molecule has 1 unspecified atom stereocenters. The molecule has 0 saturated carbocycles. The predicted molar refractivity (Wildman–Crippen MR) is 92.4 cm³/mol. The van der Waals surface area contributed by atoms with Gasteiger partial charge in [0.05, 0.1) is 23.1 Å². The molecule has 6 nitrogen and oxygen atoms in total. The Bertz CT molecular complexity index is 792. The summed E-state index contributed by atoms with van der Waals surface area (Å²) in [7, 11) is 0. The quantitative estimate of drug-likeness (QED) is 0.898. The van der Waals surface area contributed by atoms with Gasteiger partial charge in [0, 0.05) is 31.3 Å². The zero-order valence-electron chi connectivity index (χ0n) is 14.0. The summed E-state index contributed by atoms with van der Waals surface area (Å²) in [4.78, 5) is 29.3. The number of fused-ring (bicyclic) bond motifs is 1. The summed E-state index contributed by atoms with van der Waals surface area (Å²) in [6.45, 7) is 1.81. The number of hydrogen-bond donors (Lipinski definition) is 2. The highest BCUT2D eigenvalue weighted by atomic mass is 16.5. The number of carboxylic acid groups (broad SMARTS) is 1. The third kappa shape index (κ3) is 2.91. The summed E-state index contributed by atoms with van der Waals surface area (Å²) >= 11 is 0. The van der Waals surface area contributed by atoms with E-state index in [9.17, 15) is 14.7 Å². The first-order valence-electron chi connectivity index (χ1n) is 8.85. The molecule has 1 aromatic heterocycles. The maximum absolute atomic E-state index is 12.9. The maximum atomic E-state index is 12.9. The van der Waals surface area contributed by atoms with E-state index in [0.717, 1.165) is 23.7 Å². The zero-order valence-corrected chi connectivity index (χ0v) is 14.0. The second-order valence-corrected chi connectivity index (χ2v) is 6.95. The Kier molecular flexibility index (Phi) is 4.21. The number of likely N-dealkylation sites (tertiary alicyclic amines) is 1. The van der Waals surface area contributed by atoms with Gasteiger partial charge in [0.2, 0.25) is 0 Å². The van der Waals surface area contributed by atoms with Gasteiger partial charge in [0.15, 0.2) is 0 Å². The average Bonchev–Trinajstić information content (AvgIpc) is 3.30. The van der Waals surface area contributed by atoms with Crippen LogP contribution in [0.1, 0.15) is 29.6 Å². The summed E-state index contributed by atoms with van der Waals surface area (Å²) in [6.07, 6.45) is 3.81. The average molecular weight is 342 g/mol. The van der Waals surface area contributed by atoms with Crippen molar-refractivity contribution in [3.63, 3.8) is 0 Å². The number of nitrogens with zero attached hydrogens (tertiary/aromatic N) is 1. The Balaban J connectivity index is 1.44. The van der Waals surface area contributed by atoms with Gasteiger partial charge in [-0.3, -0.25) is 9.59 Å². The second-order valence-electron chi connectivity index (χ2n) is 6.95. The van der Waals surface area contributed by atoms with Crippen molar-refractivity contribution >= 4 is 22.8 Å². The first kappa shape index (κ1) is 16.1. The number of H-pyrrole nitrogens is 1. The lowest BCUT2D eigenvalue weighted by molar-refractivity contribution is -0.145. The fourth-order valence-corrected chi connectivity index (χ4v) is 4.20. The van der Waals surface area contributed by atoms with Gasteiger partial charge >= 0.3 is 5.97 Å². The highest BCUT2D eigenvalue weighted by molar-refractivity contribution is 6.05. The lowest BCUT2D eigenvalue weighted by atomic mass is 9.84. The van der Waals surface area contributed by atoms with Crippen LogP contribution in [-0.2, 0) is 9.53 Å². The van der Waals surface area contributed by atoms with Crippen LogP contribution < -0.4 is 0 Å². The van der Waals surface area contributed by atoms with E-state index in [1.165, 1.54) is 0 Å². The van der Waals surface area contributed by atoms with Crippen LogP contribution in [-0.4, -0.2) is 52.7 Å². The molecule has 132 valence electrons. The summed E-state index contributed by atoms with van der Waals surface area (Å²) in [5.41, 5.74) is 1.57. The molecule has 1 aromatic carbocycles. The molecule has 2 saturated heterocycles. The highest BCUT2D eigenvalue weighted by Crippen LogP contribution is 2.33. The number of hydrogen-bond acceptors (Lipinski definition) is 3. The van der Waals surface area contributed by atoms with Crippen LogP contribution in [0.25, 0.3) is 10.9 Å². The van der Waals surface area contributed by atoms with Crippen LogP contribution in [0.3, 0.4) is 0 Å². The van der Waals surface area contributed by atoms with E-state index in [4.69, 9.17) is 4.74 Å². The normalized spacial score (nSPS) is 24.7. The Morgan fingerprint density at radius 2 is 1.96 bits per heavy atom. The van der Waals surface area contributed by atoms with E-state index in [0.29, 0.717) is 31.7 Å². The molecular formula is C19H22N2O4. The van der Waals surface area contributed by atoms with Crippen molar-refractivity contribution < 1.29 is 19.4 Å². The molecule has 6 heteroatoms. The number of aromatic amines is 1. The van der Waals surface area contributed by atoms with Gasteiger partial charge in [-0.2, -0.15) is 0 Å². The minimum Gasteiger partial charge on any atom is -0.481 e. The van der Waals surface area contributed by atoms with E-state index in [-0.39, 0.29) is 17.9 Å². The molecule has 2 aliphatic rings. The summed E-state index contributed by atoms with van der Waals surface area (Å²) in [6, 6.07) is 7.70. The molecular weight excluding hydrogens is 320 g/mol. The van der Waals surface area contributed by atoms with Gasteiger partial charge in [-0.15, -0.1) is 0 Å². The molecule has 3 heterocycles. The number of carboxylic acids is 1. The van der Waals surface area contributed by atoms with E-state index in [1.54, 1.807) is 0 Å². The topological polar surface area (TPSA) is 82.6 Å². The number of amides is 1. The predicted octanol–water partition coefficient (Wildman–Crippen LogP) is 2.51. The van der Waals surface area contributed by atoms with Crippen molar-refractivity contribution in [3.05, 3.63) is 36.0 Å². The molecule has 0 aliphatic carbocycles. The lowest BCUT2D eigenvalue weighted by Crippen LogP contribution is -2.43. The molecule has 2 N–H and O–H groups in total. The van der Waals surface area contributed by atoms with Crippen molar-refractivity contribution in [1.82, 2.24) is 9.88 Å². The monoisotopic (exact) mass is 342 g/mol. The standard InChI is InChI=1S/C19H22N2O4/c22-18(14-3-1-2-12-4-8-20-16(12)14)21-9-5-13(6-10-21)17-15(19(23)24)7-11-25-17/h1-4,8,13,15,17,20H,5-7,9-11H2,(H,23,24)/t15?,17-/m0/s1. The van der Waals surface area contributed by atoms with E-state index in [1.807, 2.05) is 35.4 Å². The van der Waals surface area contributed by atoms with Gasteiger partial charge in [-0.25, -0.2) is 0 Å². The van der Waals surface area contributed by atoms with E-state index in [2.05, 4.69) is 4.98 Å². The molecule has 4 rings (SSSR count). The Hall–Kier alpha value is -2.34. The van der Waals surface area contributed by atoms with E-state index >= 15 is 0 Å². The Morgan fingerprint density at radius 3 is 2.72 bits per heavy atom. The van der Waals surface area contributed by atoms with Gasteiger partial charge in [-0.05, 0) is 37.3 Å². The first-order valence-corrected chi connectivity index (χ1v) is 8.85. The maximum Gasteiger partial charge on any atom is 0.309 e. The van der Waals surface area contributed by atoms with Crippen molar-refractivity contribution in [3.8, 4) is 0 Å². The summed E-state index contributed by atoms with van der Waals surface area (Å²) in [5, 5.41) is 10.4. The number of para-hydroxylation sites is 1. The van der Waals surface area contributed by atoms with Crippen LogP contribution in [0.5, 0.6) is 0 Å².